The maximum absolute atomic E-state index is 9.24. The molecule has 0 aromatic carbocycles. The van der Waals surface area contributed by atoms with E-state index in [4.69, 9.17) is 10.8 Å². The molecule has 1 aromatic rings. The number of anilines is 2. The number of piperazine rings is 1. The van der Waals surface area contributed by atoms with Crippen LogP contribution in [-0.2, 0) is 6.42 Å². The summed E-state index contributed by atoms with van der Waals surface area (Å²) in [5.41, 5.74) is 8.70. The van der Waals surface area contributed by atoms with Crippen LogP contribution in [0.15, 0.2) is 0 Å². The number of quaternary nitrogens is 1. The second kappa shape index (κ2) is 5.67. The molecule has 1 saturated heterocycles. The largest absolute Gasteiger partial charge is 0.394 e. The van der Waals surface area contributed by atoms with Crippen LogP contribution in [0.4, 0.5) is 11.5 Å². The topological polar surface area (TPSA) is 67.3 Å². The van der Waals surface area contributed by atoms with Crippen LogP contribution in [0.25, 0.3) is 0 Å². The van der Waals surface area contributed by atoms with Gasteiger partial charge in [-0.2, -0.15) is 5.10 Å². The molecule has 0 radical (unpaired) electrons. The fourth-order valence-electron chi connectivity index (χ4n) is 4.85. The van der Waals surface area contributed by atoms with E-state index in [1.165, 1.54) is 31.4 Å². The summed E-state index contributed by atoms with van der Waals surface area (Å²) in [5.74, 6) is 1.84. The highest BCUT2D eigenvalue weighted by molar-refractivity contribution is 5.66. The van der Waals surface area contributed by atoms with Crippen molar-refractivity contribution in [1.82, 2.24) is 9.78 Å². The third kappa shape index (κ3) is 2.52. The number of aliphatic hydroxyl groups excluding tert-OH is 1. The summed E-state index contributed by atoms with van der Waals surface area (Å²) < 4.78 is 3.23. The van der Waals surface area contributed by atoms with Crippen LogP contribution >= 0.6 is 0 Å². The first kappa shape index (κ1) is 15.3. The summed E-state index contributed by atoms with van der Waals surface area (Å²) in [4.78, 5) is 2.36. The molecule has 2 atom stereocenters. The molecule has 0 bridgehead atoms. The normalized spacial score (nSPS) is 29.4. The Labute approximate surface area is 138 Å². The van der Waals surface area contributed by atoms with E-state index < -0.39 is 0 Å². The average Bonchev–Trinajstić information content (AvgIpc) is 3.13. The van der Waals surface area contributed by atoms with Gasteiger partial charge in [0.15, 0.2) is 5.82 Å². The SMILES string of the molecule is C[N+]1(CCO)CCN(c2nn3c(c2N)CCC2CCCC23)CC1. The maximum Gasteiger partial charge on any atom is 0.174 e. The summed E-state index contributed by atoms with van der Waals surface area (Å²) in [6.45, 7) is 5.16. The molecule has 1 aliphatic carbocycles. The quantitative estimate of drug-likeness (QED) is 0.816. The van der Waals surface area contributed by atoms with Crippen molar-refractivity contribution in [3.05, 3.63) is 5.69 Å². The van der Waals surface area contributed by atoms with Gasteiger partial charge in [0.25, 0.3) is 0 Å². The number of rotatable bonds is 3. The summed E-state index contributed by atoms with van der Waals surface area (Å²) in [5, 5.41) is 14.2. The third-order valence-electron chi connectivity index (χ3n) is 6.47. The summed E-state index contributed by atoms with van der Waals surface area (Å²) >= 11 is 0. The van der Waals surface area contributed by atoms with Crippen LogP contribution < -0.4 is 10.6 Å². The Morgan fingerprint density at radius 3 is 2.78 bits per heavy atom. The van der Waals surface area contributed by atoms with Crippen LogP contribution in [0.5, 0.6) is 0 Å². The molecule has 1 saturated carbocycles. The van der Waals surface area contributed by atoms with Gasteiger partial charge >= 0.3 is 0 Å². The van der Waals surface area contributed by atoms with Crippen molar-refractivity contribution < 1.29 is 9.59 Å². The molecule has 3 aliphatic rings. The lowest BCUT2D eigenvalue weighted by molar-refractivity contribution is -0.910. The zero-order valence-corrected chi connectivity index (χ0v) is 14.2. The smallest absolute Gasteiger partial charge is 0.174 e. The van der Waals surface area contributed by atoms with Gasteiger partial charge in [0.05, 0.1) is 57.3 Å². The van der Waals surface area contributed by atoms with Crippen LogP contribution in [0.1, 0.15) is 37.4 Å². The number of nitrogen functional groups attached to an aromatic ring is 1. The Kier molecular flexibility index (Phi) is 3.76. The van der Waals surface area contributed by atoms with Gasteiger partial charge in [-0.1, -0.05) is 6.42 Å². The second-order valence-electron chi connectivity index (χ2n) is 7.93. The van der Waals surface area contributed by atoms with Crippen molar-refractivity contribution in [1.29, 1.82) is 0 Å². The van der Waals surface area contributed by atoms with Gasteiger partial charge in [-0.25, -0.2) is 0 Å². The summed E-state index contributed by atoms with van der Waals surface area (Å²) in [6, 6.07) is 0.593. The van der Waals surface area contributed by atoms with E-state index in [0.717, 1.165) is 61.1 Å². The number of aromatic nitrogens is 2. The predicted octanol–water partition coefficient (Wildman–Crippen LogP) is 1.01. The molecule has 23 heavy (non-hydrogen) atoms. The van der Waals surface area contributed by atoms with E-state index in [1.54, 1.807) is 0 Å². The van der Waals surface area contributed by atoms with Gasteiger partial charge in [0.2, 0.25) is 0 Å². The van der Waals surface area contributed by atoms with Gasteiger partial charge in [-0.05, 0) is 31.6 Å². The lowest BCUT2D eigenvalue weighted by atomic mass is 9.92. The highest BCUT2D eigenvalue weighted by atomic mass is 16.3. The third-order valence-corrected chi connectivity index (χ3v) is 6.47. The fourth-order valence-corrected chi connectivity index (χ4v) is 4.85. The van der Waals surface area contributed by atoms with Crippen LogP contribution in [0.2, 0.25) is 0 Å². The lowest BCUT2D eigenvalue weighted by Crippen LogP contribution is -2.58. The Morgan fingerprint density at radius 2 is 2.04 bits per heavy atom. The molecular formula is C17H30N5O+. The van der Waals surface area contributed by atoms with Crippen molar-refractivity contribution in [3.63, 3.8) is 0 Å². The number of nitrogens with zero attached hydrogens (tertiary/aromatic N) is 4. The molecule has 2 aliphatic heterocycles. The van der Waals surface area contributed by atoms with E-state index in [1.807, 2.05) is 0 Å². The van der Waals surface area contributed by atoms with E-state index in [2.05, 4.69) is 16.6 Å². The lowest BCUT2D eigenvalue weighted by Gasteiger charge is -2.41. The minimum absolute atomic E-state index is 0.264. The fraction of sp³-hybridized carbons (Fsp3) is 0.824. The first-order valence-corrected chi connectivity index (χ1v) is 9.17. The maximum atomic E-state index is 9.24. The number of nitrogens with two attached hydrogens (primary N) is 1. The predicted molar refractivity (Wildman–Crippen MR) is 91.4 cm³/mol. The van der Waals surface area contributed by atoms with Gasteiger partial charge in [-0.3, -0.25) is 4.68 Å². The Bertz CT molecular complexity index is 576. The van der Waals surface area contributed by atoms with Gasteiger partial charge in [0.1, 0.15) is 6.54 Å². The van der Waals surface area contributed by atoms with Crippen molar-refractivity contribution in [2.24, 2.45) is 5.92 Å². The van der Waals surface area contributed by atoms with Gasteiger partial charge in [0, 0.05) is 0 Å². The van der Waals surface area contributed by atoms with E-state index in [0.29, 0.717) is 6.04 Å². The molecule has 6 heteroatoms. The number of hydrogen-bond acceptors (Lipinski definition) is 4. The zero-order chi connectivity index (χ0) is 16.0. The molecule has 3 heterocycles. The van der Waals surface area contributed by atoms with Crippen LogP contribution in [0.3, 0.4) is 0 Å². The molecule has 1 aromatic heterocycles. The first-order valence-electron chi connectivity index (χ1n) is 9.17. The summed E-state index contributed by atoms with van der Waals surface area (Å²) in [6.07, 6.45) is 6.34. The van der Waals surface area contributed by atoms with Crippen molar-refractivity contribution in [2.75, 3.05) is 57.0 Å². The second-order valence-corrected chi connectivity index (χ2v) is 7.93. The highest BCUT2D eigenvalue weighted by Gasteiger charge is 2.37. The number of aliphatic hydroxyl groups is 1. The van der Waals surface area contributed by atoms with E-state index in [-0.39, 0.29) is 6.61 Å². The minimum Gasteiger partial charge on any atom is -0.394 e. The number of likely N-dealkylation sites (N-methyl/N-ethyl adjacent to an activating group) is 1. The Balaban J connectivity index is 1.55. The van der Waals surface area contributed by atoms with E-state index in [9.17, 15) is 5.11 Å². The van der Waals surface area contributed by atoms with Gasteiger partial charge in [-0.15, -0.1) is 0 Å². The van der Waals surface area contributed by atoms with Gasteiger partial charge < -0.3 is 20.2 Å². The van der Waals surface area contributed by atoms with Crippen LogP contribution in [-0.4, -0.2) is 65.7 Å². The molecule has 2 fully saturated rings. The van der Waals surface area contributed by atoms with Crippen molar-refractivity contribution in [2.45, 2.75) is 38.1 Å². The zero-order valence-electron chi connectivity index (χ0n) is 14.2. The first-order chi connectivity index (χ1) is 11.1. The molecule has 3 N–H and O–H groups in total. The molecule has 128 valence electrons. The Morgan fingerprint density at radius 1 is 1.26 bits per heavy atom. The van der Waals surface area contributed by atoms with E-state index >= 15 is 0 Å². The molecule has 2 unspecified atom stereocenters. The molecule has 4 rings (SSSR count). The van der Waals surface area contributed by atoms with Crippen molar-refractivity contribution in [3.8, 4) is 0 Å². The van der Waals surface area contributed by atoms with Crippen LogP contribution in [0, 0.1) is 5.92 Å². The minimum atomic E-state index is 0.264. The number of hydrogen-bond donors (Lipinski definition) is 2. The summed E-state index contributed by atoms with van der Waals surface area (Å²) in [7, 11) is 2.23. The average molecular weight is 320 g/mol. The highest BCUT2D eigenvalue weighted by Crippen LogP contribution is 2.45. The molecule has 0 amide bonds. The standard InChI is InChI=1S/C17H30N5O/c1-22(11-12-23)9-7-20(8-10-22)17-16(18)15-6-5-13-3-2-4-14(13)21(15)19-17/h13-14,23H,2-12,18H2,1H3/q+1. The monoisotopic (exact) mass is 320 g/mol. The molecule has 0 spiro atoms. The Hall–Kier alpha value is -1.27. The molecule has 6 nitrogen and oxygen atoms in total. The number of fused-ring (bicyclic) bond motifs is 3. The van der Waals surface area contributed by atoms with Crippen molar-refractivity contribution >= 4 is 11.5 Å². The molecular weight excluding hydrogens is 290 g/mol.